The minimum absolute atomic E-state index is 0.0951. The minimum Gasteiger partial charge on any atom is -0.307 e. The van der Waals surface area contributed by atoms with E-state index < -0.39 is 0 Å². The van der Waals surface area contributed by atoms with E-state index >= 15 is 0 Å². The molecule has 1 heterocycles. The standard InChI is InChI=1S/C16H21N3O/c1-11(2)10-19-15(5-6-17-19)18-16(20)14-8-12(3)7-13(4)9-14/h5-9,11H,10H2,1-4H3,(H,18,20). The highest BCUT2D eigenvalue weighted by Gasteiger charge is 2.11. The van der Waals surface area contributed by atoms with Gasteiger partial charge in [0.1, 0.15) is 5.82 Å². The fraction of sp³-hybridized carbons (Fsp3) is 0.375. The molecular formula is C16H21N3O. The van der Waals surface area contributed by atoms with Crippen molar-refractivity contribution < 1.29 is 4.79 Å². The summed E-state index contributed by atoms with van der Waals surface area (Å²) in [6.07, 6.45) is 1.71. The lowest BCUT2D eigenvalue weighted by atomic mass is 10.1. The Bertz CT molecular complexity index is 594. The smallest absolute Gasteiger partial charge is 0.256 e. The van der Waals surface area contributed by atoms with Gasteiger partial charge in [-0.15, -0.1) is 0 Å². The molecular weight excluding hydrogens is 250 g/mol. The van der Waals surface area contributed by atoms with Gasteiger partial charge in [-0.25, -0.2) is 4.68 Å². The zero-order chi connectivity index (χ0) is 14.7. The quantitative estimate of drug-likeness (QED) is 0.926. The Morgan fingerprint density at radius 2 is 1.90 bits per heavy atom. The Kier molecular flexibility index (Phi) is 4.23. The summed E-state index contributed by atoms with van der Waals surface area (Å²) in [5.41, 5.74) is 2.86. The molecule has 2 rings (SSSR count). The molecule has 0 aliphatic heterocycles. The molecule has 0 spiro atoms. The molecule has 1 aromatic carbocycles. The van der Waals surface area contributed by atoms with Crippen LogP contribution < -0.4 is 5.32 Å². The van der Waals surface area contributed by atoms with Crippen LogP contribution >= 0.6 is 0 Å². The molecule has 1 N–H and O–H groups in total. The lowest BCUT2D eigenvalue weighted by Crippen LogP contribution is -2.17. The summed E-state index contributed by atoms with van der Waals surface area (Å²) in [5, 5.41) is 7.17. The Labute approximate surface area is 119 Å². The number of aryl methyl sites for hydroxylation is 2. The summed E-state index contributed by atoms with van der Waals surface area (Å²) in [6.45, 7) is 9.02. The molecule has 106 valence electrons. The van der Waals surface area contributed by atoms with Gasteiger partial charge in [0.05, 0.1) is 6.20 Å². The number of anilines is 1. The zero-order valence-electron chi connectivity index (χ0n) is 12.5. The number of amides is 1. The molecule has 20 heavy (non-hydrogen) atoms. The first kappa shape index (κ1) is 14.3. The van der Waals surface area contributed by atoms with Crippen molar-refractivity contribution >= 4 is 11.7 Å². The van der Waals surface area contributed by atoms with Crippen molar-refractivity contribution in [1.29, 1.82) is 0 Å². The van der Waals surface area contributed by atoms with Gasteiger partial charge in [-0.1, -0.05) is 31.0 Å². The number of hydrogen-bond donors (Lipinski definition) is 1. The number of hydrogen-bond acceptors (Lipinski definition) is 2. The highest BCUT2D eigenvalue weighted by molar-refractivity contribution is 6.04. The van der Waals surface area contributed by atoms with E-state index in [9.17, 15) is 4.79 Å². The highest BCUT2D eigenvalue weighted by atomic mass is 16.1. The van der Waals surface area contributed by atoms with E-state index in [1.807, 2.05) is 36.7 Å². The van der Waals surface area contributed by atoms with Crippen molar-refractivity contribution in [3.8, 4) is 0 Å². The maximum atomic E-state index is 12.3. The van der Waals surface area contributed by atoms with Crippen LogP contribution in [0.15, 0.2) is 30.5 Å². The molecule has 0 aliphatic rings. The van der Waals surface area contributed by atoms with E-state index in [0.29, 0.717) is 11.5 Å². The Balaban J connectivity index is 2.17. The van der Waals surface area contributed by atoms with Gasteiger partial charge in [-0.05, 0) is 31.9 Å². The van der Waals surface area contributed by atoms with Crippen LogP contribution in [-0.4, -0.2) is 15.7 Å². The molecule has 1 aromatic heterocycles. The average Bonchev–Trinajstić information content (AvgIpc) is 2.74. The molecule has 0 bridgehead atoms. The molecule has 0 saturated carbocycles. The lowest BCUT2D eigenvalue weighted by molar-refractivity contribution is 0.102. The largest absolute Gasteiger partial charge is 0.307 e. The van der Waals surface area contributed by atoms with Crippen molar-refractivity contribution in [2.24, 2.45) is 5.92 Å². The second-order valence-corrected chi connectivity index (χ2v) is 5.62. The number of nitrogens with zero attached hydrogens (tertiary/aromatic N) is 2. The SMILES string of the molecule is Cc1cc(C)cc(C(=O)Nc2ccnn2CC(C)C)c1. The third-order valence-electron chi connectivity index (χ3n) is 2.98. The Hall–Kier alpha value is -2.10. The van der Waals surface area contributed by atoms with Gasteiger partial charge < -0.3 is 5.32 Å². The number of carbonyl (C=O) groups excluding carboxylic acids is 1. The monoisotopic (exact) mass is 271 g/mol. The molecule has 0 unspecified atom stereocenters. The van der Waals surface area contributed by atoms with E-state index in [1.165, 1.54) is 0 Å². The van der Waals surface area contributed by atoms with E-state index in [0.717, 1.165) is 23.5 Å². The molecule has 0 saturated heterocycles. The Morgan fingerprint density at radius 3 is 2.50 bits per heavy atom. The number of carbonyl (C=O) groups is 1. The van der Waals surface area contributed by atoms with Crippen molar-refractivity contribution in [2.75, 3.05) is 5.32 Å². The fourth-order valence-corrected chi connectivity index (χ4v) is 2.22. The molecule has 0 fully saturated rings. The molecule has 0 aliphatic carbocycles. The first-order chi connectivity index (χ1) is 9.45. The van der Waals surface area contributed by atoms with Gasteiger partial charge in [-0.3, -0.25) is 4.79 Å². The van der Waals surface area contributed by atoms with Crippen LogP contribution in [0, 0.1) is 19.8 Å². The number of rotatable bonds is 4. The molecule has 1 amide bonds. The predicted octanol–water partition coefficient (Wildman–Crippen LogP) is 3.41. The number of benzene rings is 1. The summed E-state index contributed by atoms with van der Waals surface area (Å²) in [7, 11) is 0. The third kappa shape index (κ3) is 3.47. The number of aromatic nitrogens is 2. The summed E-state index contributed by atoms with van der Waals surface area (Å²) < 4.78 is 1.82. The average molecular weight is 271 g/mol. The van der Waals surface area contributed by atoms with Crippen molar-refractivity contribution in [1.82, 2.24) is 9.78 Å². The van der Waals surface area contributed by atoms with Crippen LogP contribution in [0.5, 0.6) is 0 Å². The van der Waals surface area contributed by atoms with Crippen LogP contribution in [0.3, 0.4) is 0 Å². The molecule has 4 nitrogen and oxygen atoms in total. The van der Waals surface area contributed by atoms with Gasteiger partial charge in [-0.2, -0.15) is 5.10 Å². The second kappa shape index (κ2) is 5.90. The fourth-order valence-electron chi connectivity index (χ4n) is 2.22. The maximum Gasteiger partial charge on any atom is 0.256 e. The Morgan fingerprint density at radius 1 is 1.25 bits per heavy atom. The highest BCUT2D eigenvalue weighted by Crippen LogP contribution is 2.13. The van der Waals surface area contributed by atoms with Gasteiger partial charge in [0.2, 0.25) is 0 Å². The van der Waals surface area contributed by atoms with E-state index in [-0.39, 0.29) is 5.91 Å². The summed E-state index contributed by atoms with van der Waals surface area (Å²) in [6, 6.07) is 7.67. The van der Waals surface area contributed by atoms with Gasteiger partial charge >= 0.3 is 0 Å². The first-order valence-corrected chi connectivity index (χ1v) is 6.87. The summed E-state index contributed by atoms with van der Waals surface area (Å²) in [5.74, 6) is 1.12. The van der Waals surface area contributed by atoms with Crippen LogP contribution in [0.25, 0.3) is 0 Å². The zero-order valence-corrected chi connectivity index (χ0v) is 12.5. The minimum atomic E-state index is -0.0951. The molecule has 0 atom stereocenters. The van der Waals surface area contributed by atoms with E-state index in [2.05, 4.69) is 30.3 Å². The normalized spacial score (nSPS) is 10.8. The maximum absolute atomic E-state index is 12.3. The van der Waals surface area contributed by atoms with Crippen molar-refractivity contribution in [2.45, 2.75) is 34.2 Å². The summed E-state index contributed by atoms with van der Waals surface area (Å²) >= 11 is 0. The van der Waals surface area contributed by atoms with Gasteiger partial charge in [0.15, 0.2) is 0 Å². The van der Waals surface area contributed by atoms with Crippen LogP contribution in [0.4, 0.5) is 5.82 Å². The van der Waals surface area contributed by atoms with Gasteiger partial charge in [0.25, 0.3) is 5.91 Å². The van der Waals surface area contributed by atoms with Crippen LogP contribution in [0.1, 0.15) is 35.3 Å². The molecule has 0 radical (unpaired) electrons. The topological polar surface area (TPSA) is 46.9 Å². The predicted molar refractivity (Wildman–Crippen MR) is 80.9 cm³/mol. The summed E-state index contributed by atoms with van der Waals surface area (Å²) in [4.78, 5) is 12.3. The second-order valence-electron chi connectivity index (χ2n) is 5.62. The van der Waals surface area contributed by atoms with Crippen molar-refractivity contribution in [3.05, 3.63) is 47.2 Å². The van der Waals surface area contributed by atoms with Crippen LogP contribution in [-0.2, 0) is 6.54 Å². The first-order valence-electron chi connectivity index (χ1n) is 6.87. The van der Waals surface area contributed by atoms with Gasteiger partial charge in [0, 0.05) is 18.2 Å². The molecule has 2 aromatic rings. The van der Waals surface area contributed by atoms with Crippen molar-refractivity contribution in [3.63, 3.8) is 0 Å². The third-order valence-corrected chi connectivity index (χ3v) is 2.98. The van der Waals surface area contributed by atoms with Crippen LogP contribution in [0.2, 0.25) is 0 Å². The lowest BCUT2D eigenvalue weighted by Gasteiger charge is -2.11. The number of nitrogens with one attached hydrogen (secondary N) is 1. The van der Waals surface area contributed by atoms with E-state index in [1.54, 1.807) is 6.20 Å². The van der Waals surface area contributed by atoms with E-state index in [4.69, 9.17) is 0 Å². The molecule has 4 heteroatoms.